The van der Waals surface area contributed by atoms with Gasteiger partial charge in [0, 0.05) is 17.8 Å². The van der Waals surface area contributed by atoms with Crippen LogP contribution >= 0.6 is 0 Å². The number of para-hydroxylation sites is 4. The second kappa shape index (κ2) is 10.8. The van der Waals surface area contributed by atoms with E-state index in [0.717, 1.165) is 0 Å². The molecule has 0 aliphatic rings. The summed E-state index contributed by atoms with van der Waals surface area (Å²) in [5, 5.41) is 8.21. The maximum Gasteiger partial charge on any atom is 0.291 e. The van der Waals surface area contributed by atoms with E-state index in [0.29, 0.717) is 28.5 Å². The fraction of sp³-hybridized carbons (Fsp3) is 0.0741. The number of carbonyl (C=O) groups is 3. The first-order valence-electron chi connectivity index (χ1n) is 11.0. The summed E-state index contributed by atoms with van der Waals surface area (Å²) in [6.45, 7) is 0. The van der Waals surface area contributed by atoms with Gasteiger partial charge < -0.3 is 26.1 Å². The number of nitrogens with one attached hydrogen (secondary N) is 3. The van der Waals surface area contributed by atoms with Gasteiger partial charge in [0.05, 0.1) is 11.4 Å². The lowest BCUT2D eigenvalue weighted by Gasteiger charge is -2.16. The highest BCUT2D eigenvalue weighted by Crippen LogP contribution is 2.21. The molecule has 0 radical (unpaired) electrons. The zero-order chi connectivity index (χ0) is 24.6. The van der Waals surface area contributed by atoms with Crippen LogP contribution in [0.25, 0.3) is 0 Å². The third-order valence-electron chi connectivity index (χ3n) is 5.22. The quantitative estimate of drug-likeness (QED) is 0.223. The molecule has 0 aliphatic heterocycles. The Morgan fingerprint density at radius 1 is 0.686 bits per heavy atom. The lowest BCUT2D eigenvalue weighted by Crippen LogP contribution is -2.35. The number of carbonyl (C=O) groups excluding carboxylic acids is 3. The predicted molar refractivity (Wildman–Crippen MR) is 135 cm³/mol. The van der Waals surface area contributed by atoms with Crippen LogP contribution in [0.3, 0.4) is 0 Å². The number of nitrogen functional groups attached to an aromatic ring is 1. The molecule has 8 heteroatoms. The summed E-state index contributed by atoms with van der Waals surface area (Å²) in [6.07, 6.45) is -0.0436. The van der Waals surface area contributed by atoms with E-state index in [1.807, 2.05) is 12.1 Å². The number of rotatable bonds is 8. The summed E-state index contributed by atoms with van der Waals surface area (Å²) in [7, 11) is 0. The van der Waals surface area contributed by atoms with Gasteiger partial charge in [-0.05, 0) is 48.5 Å². The van der Waals surface area contributed by atoms with E-state index in [9.17, 15) is 14.4 Å². The Bertz CT molecular complexity index is 1270. The molecule has 35 heavy (non-hydrogen) atoms. The minimum atomic E-state index is -1.11. The molecular formula is C27H24N4O4. The Morgan fingerprint density at radius 3 is 1.80 bits per heavy atom. The van der Waals surface area contributed by atoms with E-state index >= 15 is 0 Å². The molecule has 1 heterocycles. The van der Waals surface area contributed by atoms with Gasteiger partial charge in [-0.1, -0.05) is 48.5 Å². The zero-order valence-corrected chi connectivity index (χ0v) is 18.7. The lowest BCUT2D eigenvalue weighted by molar-refractivity contribution is -0.129. The molecule has 176 valence electrons. The standard InChI is InChI=1S/C27H24N4O4/c28-22-13-7-8-14-23(22)31-27(34)24-16-15-20(35-24)17-21(25(32)29-18-9-3-1-4-10-18)26(33)30-19-11-5-2-6-12-19/h1-16,21H,17,28H2,(H,29,32)(H,30,33)(H,31,34). The predicted octanol–water partition coefficient (Wildman–Crippen LogP) is 4.55. The van der Waals surface area contributed by atoms with Crippen molar-refractivity contribution in [2.75, 3.05) is 21.7 Å². The van der Waals surface area contributed by atoms with Gasteiger partial charge >= 0.3 is 0 Å². The molecule has 0 unspecified atom stereocenters. The van der Waals surface area contributed by atoms with Crippen LogP contribution in [0.1, 0.15) is 16.3 Å². The van der Waals surface area contributed by atoms with Crippen LogP contribution < -0.4 is 21.7 Å². The normalized spacial score (nSPS) is 10.5. The fourth-order valence-corrected chi connectivity index (χ4v) is 3.41. The van der Waals surface area contributed by atoms with Gasteiger partial charge in [0.15, 0.2) is 5.76 Å². The van der Waals surface area contributed by atoms with Crippen molar-refractivity contribution < 1.29 is 18.8 Å². The van der Waals surface area contributed by atoms with Gasteiger partial charge in [-0.2, -0.15) is 0 Å². The lowest BCUT2D eigenvalue weighted by atomic mass is 10.0. The molecule has 3 aromatic carbocycles. The van der Waals surface area contributed by atoms with Crippen LogP contribution in [0.15, 0.2) is 101 Å². The molecule has 0 saturated carbocycles. The van der Waals surface area contributed by atoms with Crippen LogP contribution in [0.5, 0.6) is 0 Å². The van der Waals surface area contributed by atoms with Crippen molar-refractivity contribution in [3.05, 3.63) is 109 Å². The molecule has 4 aromatic rings. The number of hydrogen-bond acceptors (Lipinski definition) is 5. The van der Waals surface area contributed by atoms with Crippen molar-refractivity contribution in [1.82, 2.24) is 0 Å². The number of furan rings is 1. The molecule has 3 amide bonds. The Labute approximate surface area is 202 Å². The average molecular weight is 469 g/mol. The van der Waals surface area contributed by atoms with Crippen molar-refractivity contribution in [2.24, 2.45) is 5.92 Å². The SMILES string of the molecule is Nc1ccccc1NC(=O)c1ccc(CC(C(=O)Nc2ccccc2)C(=O)Nc2ccccc2)o1. The van der Waals surface area contributed by atoms with E-state index < -0.39 is 23.6 Å². The minimum absolute atomic E-state index is 0.0361. The molecule has 0 bridgehead atoms. The van der Waals surface area contributed by atoms with Crippen LogP contribution in [0.4, 0.5) is 22.7 Å². The molecule has 0 saturated heterocycles. The summed E-state index contributed by atoms with van der Waals surface area (Å²) in [5.41, 5.74) is 7.88. The number of hydrogen-bond donors (Lipinski definition) is 4. The summed E-state index contributed by atoms with van der Waals surface area (Å²) in [6, 6.07) is 27.6. The first-order valence-corrected chi connectivity index (χ1v) is 11.0. The molecule has 0 fully saturated rings. The third kappa shape index (κ3) is 6.14. The summed E-state index contributed by atoms with van der Waals surface area (Å²) < 4.78 is 5.68. The van der Waals surface area contributed by atoms with E-state index in [1.165, 1.54) is 6.07 Å². The smallest absolute Gasteiger partial charge is 0.291 e. The Morgan fingerprint density at radius 2 is 1.23 bits per heavy atom. The van der Waals surface area contributed by atoms with Crippen molar-refractivity contribution in [3.8, 4) is 0 Å². The fourth-order valence-electron chi connectivity index (χ4n) is 3.41. The molecule has 5 N–H and O–H groups in total. The van der Waals surface area contributed by atoms with Gasteiger partial charge in [0.25, 0.3) is 5.91 Å². The highest BCUT2D eigenvalue weighted by atomic mass is 16.3. The van der Waals surface area contributed by atoms with Crippen molar-refractivity contribution in [2.45, 2.75) is 6.42 Å². The maximum absolute atomic E-state index is 13.1. The highest BCUT2D eigenvalue weighted by Gasteiger charge is 2.29. The number of anilines is 4. The summed E-state index contributed by atoms with van der Waals surface area (Å²) in [4.78, 5) is 38.7. The summed E-state index contributed by atoms with van der Waals surface area (Å²) >= 11 is 0. The Kier molecular flexibility index (Phi) is 7.22. The van der Waals surface area contributed by atoms with Crippen LogP contribution in [-0.4, -0.2) is 17.7 Å². The largest absolute Gasteiger partial charge is 0.456 e. The Hall–Kier alpha value is -4.85. The van der Waals surface area contributed by atoms with Gasteiger partial charge in [0.1, 0.15) is 11.7 Å². The molecular weight excluding hydrogens is 444 g/mol. The van der Waals surface area contributed by atoms with Gasteiger partial charge in [-0.3, -0.25) is 14.4 Å². The van der Waals surface area contributed by atoms with Gasteiger partial charge in [-0.25, -0.2) is 0 Å². The van der Waals surface area contributed by atoms with E-state index in [1.54, 1.807) is 78.9 Å². The van der Waals surface area contributed by atoms with Gasteiger partial charge in [0.2, 0.25) is 11.8 Å². The second-order valence-corrected chi connectivity index (χ2v) is 7.77. The summed E-state index contributed by atoms with van der Waals surface area (Å²) in [5.74, 6) is -2.25. The first-order chi connectivity index (χ1) is 17.0. The first kappa shape index (κ1) is 23.3. The second-order valence-electron chi connectivity index (χ2n) is 7.77. The Balaban J connectivity index is 1.50. The molecule has 8 nitrogen and oxygen atoms in total. The third-order valence-corrected chi connectivity index (χ3v) is 5.22. The van der Waals surface area contributed by atoms with Gasteiger partial charge in [-0.15, -0.1) is 0 Å². The number of benzene rings is 3. The monoisotopic (exact) mass is 468 g/mol. The molecule has 0 atom stereocenters. The highest BCUT2D eigenvalue weighted by molar-refractivity contribution is 6.11. The zero-order valence-electron chi connectivity index (χ0n) is 18.7. The topological polar surface area (TPSA) is 126 Å². The van der Waals surface area contributed by atoms with Crippen molar-refractivity contribution in [3.63, 3.8) is 0 Å². The maximum atomic E-state index is 13.1. The number of nitrogens with two attached hydrogens (primary N) is 1. The molecule has 4 rings (SSSR count). The molecule has 0 aliphatic carbocycles. The molecule has 0 spiro atoms. The van der Waals surface area contributed by atoms with E-state index in [4.69, 9.17) is 10.2 Å². The minimum Gasteiger partial charge on any atom is -0.456 e. The molecule has 1 aromatic heterocycles. The van der Waals surface area contributed by atoms with E-state index in [-0.39, 0.29) is 12.2 Å². The van der Waals surface area contributed by atoms with E-state index in [2.05, 4.69) is 16.0 Å². The van der Waals surface area contributed by atoms with Crippen LogP contribution in [-0.2, 0) is 16.0 Å². The average Bonchev–Trinajstić information content (AvgIpc) is 3.34. The van der Waals surface area contributed by atoms with Crippen LogP contribution in [0.2, 0.25) is 0 Å². The number of amides is 3. The van der Waals surface area contributed by atoms with Crippen molar-refractivity contribution >= 4 is 40.5 Å². The van der Waals surface area contributed by atoms with Crippen molar-refractivity contribution in [1.29, 1.82) is 0 Å². The van der Waals surface area contributed by atoms with Crippen LogP contribution in [0, 0.1) is 5.92 Å².